The normalized spacial score (nSPS) is 15.5. The van der Waals surface area contributed by atoms with Gasteiger partial charge in [-0.1, -0.05) is 0 Å². The highest BCUT2D eigenvalue weighted by molar-refractivity contribution is 5.93. The average Bonchev–Trinajstić information content (AvgIpc) is 2.57. The van der Waals surface area contributed by atoms with Crippen LogP contribution in [-0.2, 0) is 0 Å². The van der Waals surface area contributed by atoms with Crippen molar-refractivity contribution in [2.45, 2.75) is 18.9 Å². The smallest absolute Gasteiger partial charge is 0.255 e. The number of ether oxygens (including phenoxy) is 1. The first-order valence-corrected chi connectivity index (χ1v) is 7.13. The molecule has 1 aliphatic heterocycles. The summed E-state index contributed by atoms with van der Waals surface area (Å²) in [6, 6.07) is 2.90. The Morgan fingerprint density at radius 1 is 1.27 bits per heavy atom. The third-order valence-corrected chi connectivity index (χ3v) is 3.59. The SMILES string of the molecule is O=C(c1ccc(=O)[nH]c1)N1CCC(Oc2cnccn2)CC1. The Morgan fingerprint density at radius 2 is 2.09 bits per heavy atom. The molecule has 7 nitrogen and oxygen atoms in total. The molecule has 1 fully saturated rings. The van der Waals surface area contributed by atoms with Crippen LogP contribution in [0.2, 0.25) is 0 Å². The summed E-state index contributed by atoms with van der Waals surface area (Å²) in [5.74, 6) is 0.433. The topological polar surface area (TPSA) is 88.2 Å². The van der Waals surface area contributed by atoms with Crippen LogP contribution < -0.4 is 10.3 Å². The van der Waals surface area contributed by atoms with Gasteiger partial charge in [-0.3, -0.25) is 14.6 Å². The minimum absolute atomic E-state index is 0.0383. The highest BCUT2D eigenvalue weighted by Crippen LogP contribution is 2.17. The second-order valence-corrected chi connectivity index (χ2v) is 5.09. The monoisotopic (exact) mass is 300 g/mol. The van der Waals surface area contributed by atoms with Crippen LogP contribution in [0, 0.1) is 0 Å². The first kappa shape index (κ1) is 14.2. The Kier molecular flexibility index (Phi) is 4.13. The van der Waals surface area contributed by atoms with E-state index in [2.05, 4.69) is 15.0 Å². The van der Waals surface area contributed by atoms with Gasteiger partial charge in [0.05, 0.1) is 11.8 Å². The molecule has 0 spiro atoms. The predicted octanol–water partition coefficient (Wildman–Crippen LogP) is 0.848. The van der Waals surface area contributed by atoms with E-state index in [0.29, 0.717) is 24.5 Å². The number of pyridine rings is 1. The average molecular weight is 300 g/mol. The summed E-state index contributed by atoms with van der Waals surface area (Å²) in [5.41, 5.74) is 0.278. The van der Waals surface area contributed by atoms with Crippen LogP contribution in [0.3, 0.4) is 0 Å². The lowest BCUT2D eigenvalue weighted by Gasteiger charge is -2.31. The van der Waals surface area contributed by atoms with Crippen LogP contribution in [0.15, 0.2) is 41.7 Å². The third kappa shape index (κ3) is 3.30. The van der Waals surface area contributed by atoms with Gasteiger partial charge in [0.15, 0.2) is 0 Å². The van der Waals surface area contributed by atoms with Crippen LogP contribution in [-0.4, -0.2) is 45.0 Å². The van der Waals surface area contributed by atoms with E-state index >= 15 is 0 Å². The number of amides is 1. The zero-order valence-electron chi connectivity index (χ0n) is 11.9. The van der Waals surface area contributed by atoms with Gasteiger partial charge in [0.1, 0.15) is 6.10 Å². The first-order valence-electron chi connectivity index (χ1n) is 7.13. The summed E-state index contributed by atoms with van der Waals surface area (Å²) in [6.07, 6.45) is 7.74. The summed E-state index contributed by atoms with van der Waals surface area (Å²) >= 11 is 0. The number of nitrogens with zero attached hydrogens (tertiary/aromatic N) is 3. The molecule has 2 aromatic heterocycles. The van der Waals surface area contributed by atoms with Crippen LogP contribution in [0.1, 0.15) is 23.2 Å². The van der Waals surface area contributed by atoms with Crippen LogP contribution in [0.25, 0.3) is 0 Å². The van der Waals surface area contributed by atoms with Gasteiger partial charge in [0.25, 0.3) is 5.91 Å². The molecule has 0 saturated carbocycles. The standard InChI is InChI=1S/C15H16N4O3/c20-13-2-1-11(9-18-13)15(21)19-7-3-12(4-8-19)22-14-10-16-5-6-17-14/h1-2,5-6,9-10,12H,3-4,7-8H2,(H,18,20). The molecule has 0 aliphatic carbocycles. The summed E-state index contributed by atoms with van der Waals surface area (Å²) < 4.78 is 5.75. The first-order chi connectivity index (χ1) is 10.7. The zero-order chi connectivity index (χ0) is 15.4. The van der Waals surface area contributed by atoms with Crippen molar-refractivity contribution in [1.29, 1.82) is 0 Å². The van der Waals surface area contributed by atoms with Gasteiger partial charge in [0.2, 0.25) is 11.4 Å². The molecule has 114 valence electrons. The Hall–Kier alpha value is -2.70. The van der Waals surface area contributed by atoms with Crippen LogP contribution in [0.4, 0.5) is 0 Å². The van der Waals surface area contributed by atoms with E-state index in [1.165, 1.54) is 12.3 Å². The number of carbonyl (C=O) groups is 1. The highest BCUT2D eigenvalue weighted by Gasteiger charge is 2.25. The summed E-state index contributed by atoms with van der Waals surface area (Å²) in [7, 11) is 0. The molecular weight excluding hydrogens is 284 g/mol. The van der Waals surface area contributed by atoms with Gasteiger partial charge in [-0.15, -0.1) is 0 Å². The van der Waals surface area contributed by atoms with E-state index in [4.69, 9.17) is 4.74 Å². The number of hydrogen-bond acceptors (Lipinski definition) is 5. The molecule has 7 heteroatoms. The Morgan fingerprint density at radius 3 is 2.73 bits per heavy atom. The summed E-state index contributed by atoms with van der Waals surface area (Å²) in [6.45, 7) is 1.23. The van der Waals surface area contributed by atoms with Crippen molar-refractivity contribution >= 4 is 5.91 Å². The molecule has 1 aliphatic rings. The molecule has 0 bridgehead atoms. The van der Waals surface area contributed by atoms with Crippen molar-refractivity contribution in [1.82, 2.24) is 19.9 Å². The van der Waals surface area contributed by atoms with Crippen LogP contribution in [0.5, 0.6) is 5.88 Å². The molecule has 1 amide bonds. The van der Waals surface area contributed by atoms with E-state index in [-0.39, 0.29) is 17.6 Å². The van der Waals surface area contributed by atoms with E-state index in [1.54, 1.807) is 29.6 Å². The molecule has 3 rings (SSSR count). The molecule has 2 aromatic rings. The van der Waals surface area contributed by atoms with Crippen molar-refractivity contribution in [3.05, 3.63) is 52.8 Å². The number of H-pyrrole nitrogens is 1. The molecule has 0 aromatic carbocycles. The lowest BCUT2D eigenvalue weighted by molar-refractivity contribution is 0.0586. The van der Waals surface area contributed by atoms with Crippen molar-refractivity contribution in [3.63, 3.8) is 0 Å². The molecule has 0 atom stereocenters. The van der Waals surface area contributed by atoms with Crippen molar-refractivity contribution in [2.75, 3.05) is 13.1 Å². The highest BCUT2D eigenvalue weighted by atomic mass is 16.5. The van der Waals surface area contributed by atoms with Crippen molar-refractivity contribution < 1.29 is 9.53 Å². The summed E-state index contributed by atoms with van der Waals surface area (Å²) in [4.78, 5) is 35.7. The molecule has 22 heavy (non-hydrogen) atoms. The lowest BCUT2D eigenvalue weighted by Crippen LogP contribution is -2.42. The second-order valence-electron chi connectivity index (χ2n) is 5.09. The number of aromatic amines is 1. The minimum atomic E-state index is -0.215. The van der Waals surface area contributed by atoms with Crippen molar-refractivity contribution in [2.24, 2.45) is 0 Å². The lowest BCUT2D eigenvalue weighted by atomic mass is 10.1. The number of nitrogens with one attached hydrogen (secondary N) is 1. The van der Waals surface area contributed by atoms with E-state index in [9.17, 15) is 9.59 Å². The van der Waals surface area contributed by atoms with Gasteiger partial charge < -0.3 is 14.6 Å². The largest absolute Gasteiger partial charge is 0.473 e. The number of piperidine rings is 1. The van der Waals surface area contributed by atoms with Crippen LogP contribution >= 0.6 is 0 Å². The fourth-order valence-corrected chi connectivity index (χ4v) is 2.42. The van der Waals surface area contributed by atoms with E-state index < -0.39 is 0 Å². The number of likely N-dealkylation sites (tertiary alicyclic amines) is 1. The van der Waals surface area contributed by atoms with E-state index in [0.717, 1.165) is 12.8 Å². The summed E-state index contributed by atoms with van der Waals surface area (Å²) in [5, 5.41) is 0. The maximum Gasteiger partial charge on any atom is 0.255 e. The van der Waals surface area contributed by atoms with Gasteiger partial charge in [-0.2, -0.15) is 0 Å². The fraction of sp³-hybridized carbons (Fsp3) is 0.333. The molecule has 0 radical (unpaired) electrons. The van der Waals surface area contributed by atoms with Gasteiger partial charge in [-0.05, 0) is 6.07 Å². The van der Waals surface area contributed by atoms with Gasteiger partial charge in [-0.25, -0.2) is 4.98 Å². The quantitative estimate of drug-likeness (QED) is 0.908. The molecule has 1 N–H and O–H groups in total. The Bertz CT molecular complexity index is 673. The number of rotatable bonds is 3. The maximum absolute atomic E-state index is 12.3. The van der Waals surface area contributed by atoms with Crippen molar-refractivity contribution in [3.8, 4) is 5.88 Å². The molecule has 0 unspecified atom stereocenters. The number of aromatic nitrogens is 3. The molecule has 1 saturated heterocycles. The maximum atomic E-state index is 12.3. The Labute approximate surface area is 127 Å². The molecule has 3 heterocycles. The Balaban J connectivity index is 1.56. The zero-order valence-corrected chi connectivity index (χ0v) is 11.9. The molecular formula is C15H16N4O3. The number of hydrogen-bond donors (Lipinski definition) is 1. The third-order valence-electron chi connectivity index (χ3n) is 3.59. The van der Waals surface area contributed by atoms with Gasteiger partial charge in [0, 0.05) is 50.6 Å². The minimum Gasteiger partial charge on any atom is -0.473 e. The second kappa shape index (κ2) is 6.38. The van der Waals surface area contributed by atoms with E-state index in [1.807, 2.05) is 0 Å². The fourth-order valence-electron chi connectivity index (χ4n) is 2.42. The predicted molar refractivity (Wildman–Crippen MR) is 78.6 cm³/mol. The number of carbonyl (C=O) groups excluding carboxylic acids is 1. The van der Waals surface area contributed by atoms with Gasteiger partial charge >= 0.3 is 0 Å².